The van der Waals surface area contributed by atoms with E-state index in [-0.39, 0.29) is 35.4 Å². The maximum atomic E-state index is 13.3. The summed E-state index contributed by atoms with van der Waals surface area (Å²) in [6.45, 7) is 5.34. The van der Waals surface area contributed by atoms with Gasteiger partial charge >= 0.3 is 0 Å². The molecule has 0 radical (unpaired) electrons. The molecule has 3 aromatic heterocycles. The summed E-state index contributed by atoms with van der Waals surface area (Å²) in [6.07, 6.45) is 9.88. The van der Waals surface area contributed by atoms with Crippen LogP contribution in [-0.4, -0.2) is 38.4 Å². The van der Waals surface area contributed by atoms with E-state index >= 15 is 0 Å². The molecule has 9 heteroatoms. The zero-order chi connectivity index (χ0) is 22.9. The monoisotopic (exact) mass is 482 g/mol. The van der Waals surface area contributed by atoms with E-state index in [1.165, 1.54) is 12.5 Å². The summed E-state index contributed by atoms with van der Waals surface area (Å²) >= 11 is 0. The summed E-state index contributed by atoms with van der Waals surface area (Å²) in [5.74, 6) is 1.39. The average molecular weight is 483 g/mol. The van der Waals surface area contributed by atoms with Gasteiger partial charge in [0.1, 0.15) is 11.5 Å². The number of aromatic nitrogens is 4. The Morgan fingerprint density at radius 2 is 1.82 bits per heavy atom. The molecule has 1 saturated carbocycles. The number of pyridine rings is 2. The number of rotatable bonds is 5. The Labute approximate surface area is 205 Å². The van der Waals surface area contributed by atoms with E-state index in [1.54, 1.807) is 17.7 Å². The largest absolute Gasteiger partial charge is 0.317 e. The van der Waals surface area contributed by atoms with Crippen molar-refractivity contribution < 1.29 is 4.79 Å². The van der Waals surface area contributed by atoms with Crippen molar-refractivity contribution in [1.29, 1.82) is 0 Å². The third-order valence-electron chi connectivity index (χ3n) is 7.09. The highest BCUT2D eigenvalue weighted by molar-refractivity contribution is 5.99. The number of anilines is 2. The zero-order valence-corrected chi connectivity index (χ0v) is 20.5. The molecule has 8 nitrogen and oxygen atoms in total. The second-order valence-corrected chi connectivity index (χ2v) is 9.23. The van der Waals surface area contributed by atoms with Crippen LogP contribution in [0.25, 0.3) is 11.0 Å². The zero-order valence-electron chi connectivity index (χ0n) is 19.6. The second-order valence-electron chi connectivity index (χ2n) is 9.23. The smallest absolute Gasteiger partial charge is 0.263 e. The molecule has 0 amide bonds. The number of ketones is 1. The lowest BCUT2D eigenvalue weighted by atomic mass is 9.91. The van der Waals surface area contributed by atoms with Gasteiger partial charge in [0, 0.05) is 23.8 Å². The minimum atomic E-state index is -0.242. The average Bonchev–Trinajstić information content (AvgIpc) is 3.34. The van der Waals surface area contributed by atoms with Crippen LogP contribution in [0.15, 0.2) is 29.3 Å². The first-order valence-electron chi connectivity index (χ1n) is 11.9. The molecule has 1 aliphatic carbocycles. The summed E-state index contributed by atoms with van der Waals surface area (Å²) in [4.78, 5) is 39.4. The van der Waals surface area contributed by atoms with Crippen LogP contribution in [0.5, 0.6) is 0 Å². The maximum absolute atomic E-state index is 13.3. The summed E-state index contributed by atoms with van der Waals surface area (Å²) in [5.41, 5.74) is 2.48. The number of Topliss-reactive ketones (excluding diaryl/α,β-unsaturated/α-hetero) is 1. The molecule has 0 bridgehead atoms. The molecular weight excluding hydrogens is 452 g/mol. The molecule has 5 rings (SSSR count). The number of halogens is 1. The van der Waals surface area contributed by atoms with Crippen molar-refractivity contribution in [3.63, 3.8) is 0 Å². The molecule has 180 valence electrons. The van der Waals surface area contributed by atoms with Crippen molar-refractivity contribution in [3.8, 4) is 0 Å². The Morgan fingerprint density at radius 1 is 1.09 bits per heavy atom. The fraction of sp³-hybridized carbons (Fsp3) is 0.480. The van der Waals surface area contributed by atoms with Gasteiger partial charge in [-0.15, -0.1) is 12.4 Å². The number of fused-ring (bicyclic) bond motifs is 1. The quantitative estimate of drug-likeness (QED) is 0.518. The topological polar surface area (TPSA) is 102 Å². The van der Waals surface area contributed by atoms with E-state index in [0.717, 1.165) is 57.0 Å². The van der Waals surface area contributed by atoms with Crippen molar-refractivity contribution in [2.24, 2.45) is 0 Å². The fourth-order valence-corrected chi connectivity index (χ4v) is 5.30. The lowest BCUT2D eigenvalue weighted by molar-refractivity contribution is 0.101. The van der Waals surface area contributed by atoms with Gasteiger partial charge in [-0.2, -0.15) is 4.98 Å². The Bertz CT molecular complexity index is 1240. The van der Waals surface area contributed by atoms with Crippen LogP contribution in [-0.2, 0) is 0 Å². The van der Waals surface area contributed by atoms with Crippen molar-refractivity contribution >= 4 is 41.0 Å². The second kappa shape index (κ2) is 10.2. The normalized spacial score (nSPS) is 17.0. The van der Waals surface area contributed by atoms with E-state index in [0.29, 0.717) is 28.9 Å². The molecule has 3 aromatic rings. The van der Waals surface area contributed by atoms with Gasteiger partial charge in [0.05, 0.1) is 5.56 Å². The summed E-state index contributed by atoms with van der Waals surface area (Å²) in [7, 11) is 0. The van der Waals surface area contributed by atoms with E-state index in [2.05, 4.69) is 26.7 Å². The van der Waals surface area contributed by atoms with E-state index in [9.17, 15) is 9.59 Å². The van der Waals surface area contributed by atoms with Gasteiger partial charge < -0.3 is 10.6 Å². The Kier molecular flexibility index (Phi) is 7.28. The highest BCUT2D eigenvalue weighted by Gasteiger charge is 2.26. The summed E-state index contributed by atoms with van der Waals surface area (Å²) in [6, 6.07) is 4.13. The highest BCUT2D eigenvalue weighted by Crippen LogP contribution is 2.32. The molecule has 4 heterocycles. The van der Waals surface area contributed by atoms with Crippen molar-refractivity contribution in [1.82, 2.24) is 24.8 Å². The first kappa shape index (κ1) is 24.3. The van der Waals surface area contributed by atoms with Crippen LogP contribution in [0.4, 0.5) is 11.8 Å². The molecule has 2 fully saturated rings. The first-order chi connectivity index (χ1) is 16.0. The Morgan fingerprint density at radius 3 is 2.47 bits per heavy atom. The lowest BCUT2D eigenvalue weighted by Gasteiger charge is -2.22. The number of carbonyl (C=O) groups is 1. The highest BCUT2D eigenvalue weighted by atomic mass is 35.5. The number of nitrogens with one attached hydrogen (secondary N) is 2. The first-order valence-corrected chi connectivity index (χ1v) is 11.9. The number of piperidine rings is 1. The van der Waals surface area contributed by atoms with E-state index < -0.39 is 0 Å². The molecule has 1 aliphatic heterocycles. The number of carbonyl (C=O) groups excluding carboxylic acids is 1. The molecule has 0 spiro atoms. The Hall–Kier alpha value is -2.84. The molecular formula is C25H31ClN6O2. The minimum absolute atomic E-state index is 0. The molecule has 2 N–H and O–H groups in total. The summed E-state index contributed by atoms with van der Waals surface area (Å²) < 4.78 is 1.73. The molecule has 0 unspecified atom stereocenters. The molecule has 2 aliphatic rings. The predicted octanol–water partition coefficient (Wildman–Crippen LogP) is 4.45. The molecule has 34 heavy (non-hydrogen) atoms. The summed E-state index contributed by atoms with van der Waals surface area (Å²) in [5, 5.41) is 7.33. The number of nitrogens with zero attached hydrogens (tertiary/aromatic N) is 4. The van der Waals surface area contributed by atoms with Gasteiger partial charge in [-0.3, -0.25) is 14.2 Å². The number of hydrogen-bond acceptors (Lipinski definition) is 7. The maximum Gasteiger partial charge on any atom is 0.263 e. The van der Waals surface area contributed by atoms with Gasteiger partial charge in [-0.1, -0.05) is 18.9 Å². The van der Waals surface area contributed by atoms with Gasteiger partial charge in [0.2, 0.25) is 5.95 Å². The lowest BCUT2D eigenvalue weighted by Crippen LogP contribution is -2.30. The number of aryl methyl sites for hydroxylation is 1. The SMILES string of the molecule is CC(=O)c1c(C)c2cnc(Nc3ccc(C4CCNCC4)cn3)nc2n(C2CCCC2)c1=O.Cl. The molecule has 0 atom stereocenters. The fourth-order valence-electron chi connectivity index (χ4n) is 5.30. The van der Waals surface area contributed by atoms with Crippen molar-refractivity contribution in [3.05, 3.63) is 51.6 Å². The van der Waals surface area contributed by atoms with Gasteiger partial charge in [0.15, 0.2) is 5.78 Å². The van der Waals surface area contributed by atoms with Crippen LogP contribution in [0.3, 0.4) is 0 Å². The van der Waals surface area contributed by atoms with Gasteiger partial charge in [0.25, 0.3) is 5.56 Å². The third kappa shape index (κ3) is 4.57. The van der Waals surface area contributed by atoms with Crippen molar-refractivity contribution in [2.75, 3.05) is 18.4 Å². The van der Waals surface area contributed by atoms with Gasteiger partial charge in [-0.05, 0) is 75.7 Å². The molecule has 1 saturated heterocycles. The number of hydrogen-bond donors (Lipinski definition) is 2. The standard InChI is InChI=1S/C25H30N6O2.ClH/c1-15-20-14-28-25(29-21-8-7-18(13-27-21)17-9-11-26-12-10-17)30-23(20)31(19-5-3-4-6-19)24(33)22(15)16(2)32;/h7-8,13-14,17,19,26H,3-6,9-12H2,1-2H3,(H,27,28,29,30);1H. The van der Waals surface area contributed by atoms with Crippen LogP contribution >= 0.6 is 12.4 Å². The van der Waals surface area contributed by atoms with E-state index in [4.69, 9.17) is 4.98 Å². The Balaban J connectivity index is 0.00000274. The van der Waals surface area contributed by atoms with Crippen LogP contribution in [0, 0.1) is 6.92 Å². The van der Waals surface area contributed by atoms with Crippen LogP contribution in [0.2, 0.25) is 0 Å². The molecule has 0 aromatic carbocycles. The van der Waals surface area contributed by atoms with Gasteiger partial charge in [-0.25, -0.2) is 9.97 Å². The third-order valence-corrected chi connectivity index (χ3v) is 7.09. The predicted molar refractivity (Wildman–Crippen MR) is 136 cm³/mol. The van der Waals surface area contributed by atoms with E-state index in [1.807, 2.05) is 12.3 Å². The van der Waals surface area contributed by atoms with Crippen LogP contribution < -0.4 is 16.2 Å². The van der Waals surface area contributed by atoms with Crippen LogP contribution in [0.1, 0.15) is 78.9 Å². The van der Waals surface area contributed by atoms with Crippen molar-refractivity contribution in [2.45, 2.75) is 64.3 Å². The minimum Gasteiger partial charge on any atom is -0.317 e.